The van der Waals surface area contributed by atoms with Gasteiger partial charge in [-0.25, -0.2) is 13.2 Å². The number of anilines is 1. The van der Waals surface area contributed by atoms with E-state index in [1.165, 1.54) is 30.2 Å². The van der Waals surface area contributed by atoms with E-state index < -0.39 is 34.4 Å². The Morgan fingerprint density at radius 3 is 2.32 bits per heavy atom. The zero-order valence-corrected chi connectivity index (χ0v) is 16.0. The molecule has 1 atom stereocenters. The van der Waals surface area contributed by atoms with E-state index in [-0.39, 0.29) is 11.3 Å². The lowest BCUT2D eigenvalue weighted by atomic mass is 10.2. The predicted molar refractivity (Wildman–Crippen MR) is 104 cm³/mol. The lowest BCUT2D eigenvalue weighted by Crippen LogP contribution is -2.43. The number of sulfone groups is 1. The van der Waals surface area contributed by atoms with Crippen LogP contribution >= 0.6 is 0 Å². The highest BCUT2D eigenvalue weighted by atomic mass is 32.2. The maximum atomic E-state index is 12.8. The number of amides is 1. The van der Waals surface area contributed by atoms with Gasteiger partial charge in [0.1, 0.15) is 5.75 Å². The molecule has 146 valence electrons. The molecule has 28 heavy (non-hydrogen) atoms. The quantitative estimate of drug-likeness (QED) is 0.690. The Labute approximate surface area is 163 Å². The van der Waals surface area contributed by atoms with E-state index in [1.807, 2.05) is 0 Å². The van der Waals surface area contributed by atoms with Gasteiger partial charge in [-0.05, 0) is 42.5 Å². The molecule has 0 spiro atoms. The van der Waals surface area contributed by atoms with Crippen molar-refractivity contribution in [3.63, 3.8) is 0 Å². The summed E-state index contributed by atoms with van der Waals surface area (Å²) in [4.78, 5) is 26.3. The molecule has 2 aromatic carbocycles. The SMILES string of the molecule is COc1ccc(C(=O)OCC(=O)N(c2ccccc2)C2C=CS(=O)(=O)C2)cc1. The zero-order chi connectivity index (χ0) is 20.1. The van der Waals surface area contributed by atoms with Crippen LogP contribution in [0.4, 0.5) is 5.69 Å². The summed E-state index contributed by atoms with van der Waals surface area (Å²) in [6.45, 7) is -0.510. The average Bonchev–Trinajstić information content (AvgIpc) is 3.06. The Morgan fingerprint density at radius 1 is 1.07 bits per heavy atom. The van der Waals surface area contributed by atoms with Gasteiger partial charge in [-0.2, -0.15) is 0 Å². The van der Waals surface area contributed by atoms with Crippen LogP contribution in [0.25, 0.3) is 0 Å². The number of ether oxygens (including phenoxy) is 2. The number of esters is 1. The zero-order valence-electron chi connectivity index (χ0n) is 15.1. The fourth-order valence-electron chi connectivity index (χ4n) is 2.84. The molecule has 1 heterocycles. The Kier molecular flexibility index (Phi) is 5.79. The van der Waals surface area contributed by atoms with Crippen LogP contribution in [-0.4, -0.2) is 45.8 Å². The van der Waals surface area contributed by atoms with Crippen LogP contribution < -0.4 is 9.64 Å². The Bertz CT molecular complexity index is 983. The molecular formula is C20H19NO6S. The normalized spacial score (nSPS) is 17.1. The van der Waals surface area contributed by atoms with E-state index in [0.717, 1.165) is 5.41 Å². The third-order valence-corrected chi connectivity index (χ3v) is 5.58. The molecule has 0 aromatic heterocycles. The first kappa shape index (κ1) is 19.6. The standard InChI is InChI=1S/C20H19NO6S/c1-26-18-9-7-15(8-10-18)20(23)27-13-19(22)21(16-5-3-2-4-6-16)17-11-12-28(24,25)14-17/h2-12,17H,13-14H2,1H3. The number of para-hydroxylation sites is 1. The molecule has 0 fully saturated rings. The summed E-state index contributed by atoms with van der Waals surface area (Å²) in [6, 6.07) is 14.3. The summed E-state index contributed by atoms with van der Waals surface area (Å²) in [5.74, 6) is -0.782. The first-order valence-corrected chi connectivity index (χ1v) is 10.2. The summed E-state index contributed by atoms with van der Waals surface area (Å²) >= 11 is 0. The molecule has 0 aliphatic carbocycles. The van der Waals surface area contributed by atoms with Gasteiger partial charge in [-0.1, -0.05) is 18.2 Å². The number of carbonyl (C=O) groups is 2. The van der Waals surface area contributed by atoms with Crippen molar-refractivity contribution in [2.24, 2.45) is 0 Å². The van der Waals surface area contributed by atoms with Crippen LogP contribution in [0.3, 0.4) is 0 Å². The minimum Gasteiger partial charge on any atom is -0.497 e. The number of rotatable bonds is 6. The number of carbonyl (C=O) groups excluding carboxylic acids is 2. The number of nitrogens with zero attached hydrogens (tertiary/aromatic N) is 1. The molecule has 1 amide bonds. The highest BCUT2D eigenvalue weighted by molar-refractivity contribution is 7.94. The van der Waals surface area contributed by atoms with E-state index in [9.17, 15) is 18.0 Å². The lowest BCUT2D eigenvalue weighted by Gasteiger charge is -2.27. The summed E-state index contributed by atoms with van der Waals surface area (Å²) in [7, 11) is -1.84. The Balaban J connectivity index is 1.72. The van der Waals surface area contributed by atoms with Crippen LogP contribution in [0.15, 0.2) is 66.1 Å². The van der Waals surface area contributed by atoms with Crippen LogP contribution in [-0.2, 0) is 19.4 Å². The second-order valence-electron chi connectivity index (χ2n) is 6.13. The smallest absolute Gasteiger partial charge is 0.338 e. The van der Waals surface area contributed by atoms with Crippen LogP contribution in [0.1, 0.15) is 10.4 Å². The first-order chi connectivity index (χ1) is 13.4. The van der Waals surface area contributed by atoms with Gasteiger partial charge in [-0.15, -0.1) is 0 Å². The van der Waals surface area contributed by atoms with Gasteiger partial charge in [0, 0.05) is 11.1 Å². The molecule has 1 unspecified atom stereocenters. The van der Waals surface area contributed by atoms with Crippen molar-refractivity contribution >= 4 is 27.4 Å². The number of benzene rings is 2. The van der Waals surface area contributed by atoms with Gasteiger partial charge < -0.3 is 14.4 Å². The summed E-state index contributed by atoms with van der Waals surface area (Å²) in [5.41, 5.74) is 0.808. The molecule has 3 rings (SSSR count). The molecule has 2 aromatic rings. The largest absolute Gasteiger partial charge is 0.497 e. The predicted octanol–water partition coefficient (Wildman–Crippen LogP) is 2.20. The van der Waals surface area contributed by atoms with Crippen molar-refractivity contribution in [1.82, 2.24) is 0 Å². The van der Waals surface area contributed by atoms with E-state index in [1.54, 1.807) is 42.5 Å². The number of hydrogen-bond donors (Lipinski definition) is 0. The van der Waals surface area contributed by atoms with Gasteiger partial charge in [0.05, 0.1) is 24.5 Å². The van der Waals surface area contributed by atoms with Crippen LogP contribution in [0.2, 0.25) is 0 Å². The van der Waals surface area contributed by atoms with Gasteiger partial charge in [-0.3, -0.25) is 4.79 Å². The Morgan fingerprint density at radius 2 is 1.75 bits per heavy atom. The van der Waals surface area contributed by atoms with E-state index in [0.29, 0.717) is 11.4 Å². The van der Waals surface area contributed by atoms with E-state index in [2.05, 4.69) is 0 Å². The molecular weight excluding hydrogens is 382 g/mol. The minimum atomic E-state index is -3.36. The second-order valence-corrected chi connectivity index (χ2v) is 8.06. The molecule has 0 radical (unpaired) electrons. The first-order valence-electron chi connectivity index (χ1n) is 8.49. The van der Waals surface area contributed by atoms with Crippen LogP contribution in [0.5, 0.6) is 5.75 Å². The maximum absolute atomic E-state index is 12.8. The minimum absolute atomic E-state index is 0.208. The molecule has 0 N–H and O–H groups in total. The van der Waals surface area contributed by atoms with Crippen LogP contribution in [0, 0.1) is 0 Å². The number of methoxy groups -OCH3 is 1. The highest BCUT2D eigenvalue weighted by Gasteiger charge is 2.31. The van der Waals surface area contributed by atoms with Gasteiger partial charge >= 0.3 is 5.97 Å². The summed E-state index contributed by atoms with van der Waals surface area (Å²) < 4.78 is 33.7. The topological polar surface area (TPSA) is 90.0 Å². The molecule has 0 saturated carbocycles. The molecule has 8 heteroatoms. The fourth-order valence-corrected chi connectivity index (χ4v) is 4.10. The van der Waals surface area contributed by atoms with Crippen molar-refractivity contribution < 1.29 is 27.5 Å². The van der Waals surface area contributed by atoms with Gasteiger partial charge in [0.15, 0.2) is 16.4 Å². The molecule has 1 aliphatic heterocycles. The third kappa shape index (κ3) is 4.58. The van der Waals surface area contributed by atoms with Crippen molar-refractivity contribution in [2.45, 2.75) is 6.04 Å². The van der Waals surface area contributed by atoms with Crippen molar-refractivity contribution in [3.05, 3.63) is 71.6 Å². The molecule has 1 aliphatic rings. The third-order valence-electron chi connectivity index (χ3n) is 4.20. The average molecular weight is 401 g/mol. The van der Waals surface area contributed by atoms with Gasteiger partial charge in [0.25, 0.3) is 5.91 Å². The second kappa shape index (κ2) is 8.26. The number of hydrogen-bond acceptors (Lipinski definition) is 6. The van der Waals surface area contributed by atoms with E-state index >= 15 is 0 Å². The van der Waals surface area contributed by atoms with Crippen molar-refractivity contribution in [1.29, 1.82) is 0 Å². The van der Waals surface area contributed by atoms with E-state index in [4.69, 9.17) is 9.47 Å². The lowest BCUT2D eigenvalue weighted by molar-refractivity contribution is -0.121. The molecule has 0 saturated heterocycles. The molecule has 0 bridgehead atoms. The summed E-state index contributed by atoms with van der Waals surface area (Å²) in [6.07, 6.45) is 1.46. The maximum Gasteiger partial charge on any atom is 0.338 e. The monoisotopic (exact) mass is 401 g/mol. The molecule has 7 nitrogen and oxygen atoms in total. The van der Waals surface area contributed by atoms with Crippen molar-refractivity contribution in [2.75, 3.05) is 24.4 Å². The Hall–Kier alpha value is -3.13. The van der Waals surface area contributed by atoms with Gasteiger partial charge in [0.2, 0.25) is 0 Å². The highest BCUT2D eigenvalue weighted by Crippen LogP contribution is 2.23. The fraction of sp³-hybridized carbons (Fsp3) is 0.200. The van der Waals surface area contributed by atoms with Crippen molar-refractivity contribution in [3.8, 4) is 5.75 Å². The summed E-state index contributed by atoms with van der Waals surface area (Å²) in [5, 5.41) is 1.10.